The zero-order valence-corrected chi connectivity index (χ0v) is 12.4. The van der Waals surface area contributed by atoms with Crippen molar-refractivity contribution in [1.29, 1.82) is 0 Å². The molecule has 3 nitrogen and oxygen atoms in total. The second kappa shape index (κ2) is 7.28. The highest BCUT2D eigenvalue weighted by atomic mass is 16.2. The lowest BCUT2D eigenvalue weighted by molar-refractivity contribution is -0.133. The molecule has 2 fully saturated rings. The predicted molar refractivity (Wildman–Crippen MR) is 78.8 cm³/mol. The van der Waals surface area contributed by atoms with Crippen molar-refractivity contribution in [2.24, 2.45) is 17.6 Å². The molecule has 0 aromatic carbocycles. The first kappa shape index (κ1) is 14.8. The summed E-state index contributed by atoms with van der Waals surface area (Å²) in [6.45, 7) is 3.95. The number of hydrogen-bond acceptors (Lipinski definition) is 2. The number of carbonyl (C=O) groups excluding carboxylic acids is 1. The Morgan fingerprint density at radius 2 is 1.95 bits per heavy atom. The number of rotatable bonds is 6. The van der Waals surface area contributed by atoms with Crippen molar-refractivity contribution < 1.29 is 4.79 Å². The molecule has 1 aliphatic heterocycles. The van der Waals surface area contributed by atoms with E-state index >= 15 is 0 Å². The third-order valence-electron chi connectivity index (χ3n) is 5.07. The summed E-state index contributed by atoms with van der Waals surface area (Å²) in [4.78, 5) is 14.6. The van der Waals surface area contributed by atoms with Crippen LogP contribution < -0.4 is 5.73 Å². The zero-order chi connectivity index (χ0) is 13.7. The Morgan fingerprint density at radius 3 is 2.63 bits per heavy atom. The lowest BCUT2D eigenvalue weighted by atomic mass is 9.95. The Hall–Kier alpha value is -0.570. The quantitative estimate of drug-likeness (QED) is 0.803. The highest BCUT2D eigenvalue weighted by Gasteiger charge is 2.35. The van der Waals surface area contributed by atoms with Gasteiger partial charge in [0.2, 0.25) is 5.91 Å². The Morgan fingerprint density at radius 1 is 1.21 bits per heavy atom. The fourth-order valence-corrected chi connectivity index (χ4v) is 3.88. The van der Waals surface area contributed by atoms with E-state index in [0.29, 0.717) is 17.9 Å². The van der Waals surface area contributed by atoms with Gasteiger partial charge in [0.05, 0.1) is 0 Å². The second-order valence-electron chi connectivity index (χ2n) is 6.56. The van der Waals surface area contributed by atoms with Crippen molar-refractivity contribution in [3.63, 3.8) is 0 Å². The molecular formula is C16H30N2O. The van der Waals surface area contributed by atoms with Gasteiger partial charge in [-0.15, -0.1) is 0 Å². The molecule has 0 bridgehead atoms. The van der Waals surface area contributed by atoms with Gasteiger partial charge in [0.1, 0.15) is 0 Å². The van der Waals surface area contributed by atoms with E-state index < -0.39 is 0 Å². The van der Waals surface area contributed by atoms with Gasteiger partial charge in [-0.25, -0.2) is 0 Å². The third kappa shape index (κ3) is 3.95. The third-order valence-corrected chi connectivity index (χ3v) is 5.07. The van der Waals surface area contributed by atoms with Crippen LogP contribution in [-0.2, 0) is 4.79 Å². The first-order valence-corrected chi connectivity index (χ1v) is 8.22. The van der Waals surface area contributed by atoms with Gasteiger partial charge in [-0.1, -0.05) is 19.8 Å². The van der Waals surface area contributed by atoms with E-state index in [0.717, 1.165) is 38.3 Å². The van der Waals surface area contributed by atoms with Crippen LogP contribution in [0.4, 0.5) is 0 Å². The van der Waals surface area contributed by atoms with Crippen LogP contribution in [0.15, 0.2) is 0 Å². The highest BCUT2D eigenvalue weighted by molar-refractivity contribution is 5.76. The molecule has 1 saturated heterocycles. The molecule has 0 aromatic rings. The molecule has 2 unspecified atom stereocenters. The van der Waals surface area contributed by atoms with Crippen LogP contribution in [0.2, 0.25) is 0 Å². The van der Waals surface area contributed by atoms with Crippen molar-refractivity contribution >= 4 is 5.91 Å². The van der Waals surface area contributed by atoms with E-state index in [9.17, 15) is 4.79 Å². The highest BCUT2D eigenvalue weighted by Crippen LogP contribution is 2.35. The van der Waals surface area contributed by atoms with E-state index in [2.05, 4.69) is 11.8 Å². The molecule has 19 heavy (non-hydrogen) atoms. The molecule has 1 heterocycles. The number of nitrogens with two attached hydrogens (primary N) is 1. The summed E-state index contributed by atoms with van der Waals surface area (Å²) < 4.78 is 0. The summed E-state index contributed by atoms with van der Waals surface area (Å²) in [6, 6.07) is 0.569. The summed E-state index contributed by atoms with van der Waals surface area (Å²) in [5.41, 5.74) is 5.57. The van der Waals surface area contributed by atoms with Gasteiger partial charge in [0, 0.05) is 19.0 Å². The number of likely N-dealkylation sites (tertiary alicyclic amines) is 1. The van der Waals surface area contributed by atoms with Crippen molar-refractivity contribution in [1.82, 2.24) is 4.90 Å². The summed E-state index contributed by atoms with van der Waals surface area (Å²) >= 11 is 0. The molecule has 1 saturated carbocycles. The van der Waals surface area contributed by atoms with Crippen LogP contribution in [0, 0.1) is 11.8 Å². The maximum atomic E-state index is 12.4. The number of nitrogens with zero attached hydrogens (tertiary/aromatic N) is 1. The molecule has 2 N–H and O–H groups in total. The number of hydrogen-bond donors (Lipinski definition) is 1. The zero-order valence-electron chi connectivity index (χ0n) is 12.4. The number of amides is 1. The summed E-state index contributed by atoms with van der Waals surface area (Å²) in [7, 11) is 0. The molecule has 1 aliphatic carbocycles. The monoisotopic (exact) mass is 266 g/mol. The molecule has 110 valence electrons. The Balaban J connectivity index is 1.80. The second-order valence-corrected chi connectivity index (χ2v) is 6.56. The first-order chi connectivity index (χ1) is 9.22. The predicted octanol–water partition coefficient (Wildman–Crippen LogP) is 2.93. The van der Waals surface area contributed by atoms with Gasteiger partial charge in [-0.2, -0.15) is 0 Å². The maximum Gasteiger partial charge on any atom is 0.222 e. The fraction of sp³-hybridized carbons (Fsp3) is 0.938. The average Bonchev–Trinajstić information content (AvgIpc) is 3.05. The van der Waals surface area contributed by atoms with Crippen LogP contribution in [0.1, 0.15) is 64.7 Å². The average molecular weight is 266 g/mol. The van der Waals surface area contributed by atoms with Gasteiger partial charge in [-0.3, -0.25) is 4.79 Å². The van der Waals surface area contributed by atoms with Crippen LogP contribution in [0.3, 0.4) is 0 Å². The molecular weight excluding hydrogens is 236 g/mol. The standard InChI is InChI=1S/C16H30N2O/c1-13(10-11-17)8-9-16(19)18-12-4-7-15(18)14-5-2-3-6-14/h13-15H,2-12,17H2,1H3. The molecule has 2 atom stereocenters. The van der Waals surface area contributed by atoms with Crippen molar-refractivity contribution in [2.75, 3.05) is 13.1 Å². The van der Waals surface area contributed by atoms with E-state index in [1.165, 1.54) is 38.5 Å². The normalized spacial score (nSPS) is 26.0. The smallest absolute Gasteiger partial charge is 0.222 e. The largest absolute Gasteiger partial charge is 0.339 e. The molecule has 0 spiro atoms. The fourth-order valence-electron chi connectivity index (χ4n) is 3.88. The molecule has 0 aromatic heterocycles. The minimum absolute atomic E-state index is 0.401. The van der Waals surface area contributed by atoms with E-state index in [-0.39, 0.29) is 0 Å². The maximum absolute atomic E-state index is 12.4. The number of carbonyl (C=O) groups is 1. The summed E-state index contributed by atoms with van der Waals surface area (Å²) in [6.07, 6.45) is 10.7. The van der Waals surface area contributed by atoms with Crippen LogP contribution >= 0.6 is 0 Å². The minimum Gasteiger partial charge on any atom is -0.339 e. The molecule has 3 heteroatoms. The van der Waals surface area contributed by atoms with E-state index in [4.69, 9.17) is 5.73 Å². The van der Waals surface area contributed by atoms with Gasteiger partial charge in [-0.05, 0) is 56.9 Å². The summed E-state index contributed by atoms with van der Waals surface area (Å²) in [5, 5.41) is 0. The van der Waals surface area contributed by atoms with Crippen molar-refractivity contribution in [3.8, 4) is 0 Å². The van der Waals surface area contributed by atoms with E-state index in [1.807, 2.05) is 0 Å². The van der Waals surface area contributed by atoms with Crippen molar-refractivity contribution in [2.45, 2.75) is 70.8 Å². The van der Waals surface area contributed by atoms with Gasteiger partial charge < -0.3 is 10.6 Å². The molecule has 1 amide bonds. The molecule has 2 rings (SSSR count). The first-order valence-electron chi connectivity index (χ1n) is 8.22. The molecule has 2 aliphatic rings. The van der Waals surface area contributed by atoms with Gasteiger partial charge >= 0.3 is 0 Å². The Bertz CT molecular complexity index is 286. The lowest BCUT2D eigenvalue weighted by Gasteiger charge is -2.30. The summed E-state index contributed by atoms with van der Waals surface area (Å²) in [5.74, 6) is 1.78. The Labute approximate surface area is 117 Å². The van der Waals surface area contributed by atoms with Crippen LogP contribution in [0.5, 0.6) is 0 Å². The van der Waals surface area contributed by atoms with Crippen molar-refractivity contribution in [3.05, 3.63) is 0 Å². The van der Waals surface area contributed by atoms with Gasteiger partial charge in [0.25, 0.3) is 0 Å². The van der Waals surface area contributed by atoms with Crippen LogP contribution in [-0.4, -0.2) is 29.9 Å². The van der Waals surface area contributed by atoms with Gasteiger partial charge in [0.15, 0.2) is 0 Å². The topological polar surface area (TPSA) is 46.3 Å². The van der Waals surface area contributed by atoms with E-state index in [1.54, 1.807) is 0 Å². The lowest BCUT2D eigenvalue weighted by Crippen LogP contribution is -2.39. The minimum atomic E-state index is 0.401. The molecule has 0 radical (unpaired) electrons. The SMILES string of the molecule is CC(CCN)CCC(=O)N1CCCC1C1CCCC1. The van der Waals surface area contributed by atoms with Crippen LogP contribution in [0.25, 0.3) is 0 Å². The Kier molecular flexibility index (Phi) is 5.68.